The van der Waals surface area contributed by atoms with E-state index in [2.05, 4.69) is 34.2 Å². The highest BCUT2D eigenvalue weighted by Gasteiger charge is 1.98. The van der Waals surface area contributed by atoms with Gasteiger partial charge in [0.25, 0.3) is 0 Å². The van der Waals surface area contributed by atoms with Crippen molar-refractivity contribution in [3.05, 3.63) is 34.7 Å². The lowest BCUT2D eigenvalue weighted by Gasteiger charge is -2.00. The van der Waals surface area contributed by atoms with Crippen LogP contribution in [0.2, 0.25) is 0 Å². The van der Waals surface area contributed by atoms with Gasteiger partial charge in [-0.1, -0.05) is 6.92 Å². The Morgan fingerprint density at radius 1 is 1.47 bits per heavy atom. The minimum atomic E-state index is 0.854. The molecule has 2 aromatic heterocycles. The summed E-state index contributed by atoms with van der Waals surface area (Å²) in [5.41, 5.74) is 1.31. The number of aromatic nitrogens is 2. The number of aryl methyl sites for hydroxylation is 1. The number of nitrogens with one attached hydrogen (secondary N) is 1. The molecular formula is C11H15N3S. The van der Waals surface area contributed by atoms with Gasteiger partial charge in [0.2, 0.25) is 0 Å². The van der Waals surface area contributed by atoms with Crippen LogP contribution in [0.4, 0.5) is 5.82 Å². The zero-order valence-corrected chi connectivity index (χ0v) is 9.63. The highest BCUT2D eigenvalue weighted by molar-refractivity contribution is 7.07. The van der Waals surface area contributed by atoms with E-state index in [4.69, 9.17) is 0 Å². The van der Waals surface area contributed by atoms with Crippen molar-refractivity contribution in [1.29, 1.82) is 0 Å². The molecule has 0 aliphatic heterocycles. The lowest BCUT2D eigenvalue weighted by Crippen LogP contribution is -2.01. The van der Waals surface area contributed by atoms with Crippen LogP contribution in [0.5, 0.6) is 0 Å². The molecule has 0 atom stereocenters. The predicted molar refractivity (Wildman–Crippen MR) is 64.2 cm³/mol. The van der Waals surface area contributed by atoms with E-state index in [0.29, 0.717) is 0 Å². The predicted octanol–water partition coefficient (Wildman–Crippen LogP) is 2.97. The van der Waals surface area contributed by atoms with E-state index < -0.39 is 0 Å². The van der Waals surface area contributed by atoms with Crippen molar-refractivity contribution in [1.82, 2.24) is 9.78 Å². The van der Waals surface area contributed by atoms with E-state index in [1.807, 2.05) is 16.9 Å². The summed E-state index contributed by atoms with van der Waals surface area (Å²) < 4.78 is 1.97. The Kier molecular flexibility index (Phi) is 3.40. The summed E-state index contributed by atoms with van der Waals surface area (Å²) >= 11 is 1.72. The number of nitrogens with zero attached hydrogens (tertiary/aromatic N) is 2. The molecule has 15 heavy (non-hydrogen) atoms. The Bertz CT molecular complexity index is 392. The summed E-state index contributed by atoms with van der Waals surface area (Å²) in [6.07, 6.45) is 3.13. The summed E-state index contributed by atoms with van der Waals surface area (Å²) in [4.78, 5) is 0. The topological polar surface area (TPSA) is 29.9 Å². The molecule has 2 rings (SSSR count). The van der Waals surface area contributed by atoms with E-state index in [1.165, 1.54) is 5.56 Å². The zero-order valence-electron chi connectivity index (χ0n) is 8.81. The van der Waals surface area contributed by atoms with Crippen LogP contribution in [0.25, 0.3) is 0 Å². The number of thiophene rings is 1. The number of hydrogen-bond acceptors (Lipinski definition) is 3. The Hall–Kier alpha value is -1.29. The summed E-state index contributed by atoms with van der Waals surface area (Å²) in [7, 11) is 0. The summed E-state index contributed by atoms with van der Waals surface area (Å²) in [5, 5.41) is 11.9. The van der Waals surface area contributed by atoms with E-state index in [0.717, 1.165) is 25.3 Å². The van der Waals surface area contributed by atoms with Crippen LogP contribution < -0.4 is 5.32 Å². The Labute approximate surface area is 93.7 Å². The minimum absolute atomic E-state index is 0.854. The van der Waals surface area contributed by atoms with Crippen molar-refractivity contribution in [3.8, 4) is 0 Å². The molecule has 2 heterocycles. The van der Waals surface area contributed by atoms with Crippen molar-refractivity contribution >= 4 is 17.2 Å². The molecule has 0 fully saturated rings. The molecular weight excluding hydrogens is 206 g/mol. The molecule has 4 heteroatoms. The van der Waals surface area contributed by atoms with Crippen LogP contribution in [-0.4, -0.2) is 9.78 Å². The maximum absolute atomic E-state index is 4.41. The lowest BCUT2D eigenvalue weighted by molar-refractivity contribution is 0.604. The van der Waals surface area contributed by atoms with E-state index >= 15 is 0 Å². The Morgan fingerprint density at radius 3 is 3.13 bits per heavy atom. The monoisotopic (exact) mass is 221 g/mol. The van der Waals surface area contributed by atoms with Gasteiger partial charge in [-0.3, -0.25) is 4.68 Å². The average molecular weight is 221 g/mol. The largest absolute Gasteiger partial charge is 0.364 e. The molecule has 80 valence electrons. The van der Waals surface area contributed by atoms with Gasteiger partial charge in [0.1, 0.15) is 5.82 Å². The fraction of sp³-hybridized carbons (Fsp3) is 0.364. The maximum Gasteiger partial charge on any atom is 0.148 e. The van der Waals surface area contributed by atoms with Crippen molar-refractivity contribution in [2.24, 2.45) is 0 Å². The molecule has 3 nitrogen and oxygen atoms in total. The third-order valence-electron chi connectivity index (χ3n) is 2.15. The first-order chi connectivity index (χ1) is 7.38. The highest BCUT2D eigenvalue weighted by atomic mass is 32.1. The molecule has 0 amide bonds. The molecule has 2 aromatic rings. The Balaban J connectivity index is 1.88. The first kappa shape index (κ1) is 10.2. The quantitative estimate of drug-likeness (QED) is 0.841. The maximum atomic E-state index is 4.41. The number of hydrogen-bond donors (Lipinski definition) is 1. The van der Waals surface area contributed by atoms with Gasteiger partial charge in [-0.2, -0.15) is 16.4 Å². The van der Waals surface area contributed by atoms with Gasteiger partial charge in [0, 0.05) is 25.4 Å². The smallest absolute Gasteiger partial charge is 0.148 e. The minimum Gasteiger partial charge on any atom is -0.364 e. The van der Waals surface area contributed by atoms with Gasteiger partial charge < -0.3 is 5.32 Å². The second-order valence-electron chi connectivity index (χ2n) is 3.45. The molecule has 0 bridgehead atoms. The van der Waals surface area contributed by atoms with Gasteiger partial charge in [-0.15, -0.1) is 0 Å². The molecule has 0 aromatic carbocycles. The van der Waals surface area contributed by atoms with Crippen molar-refractivity contribution in [3.63, 3.8) is 0 Å². The second-order valence-corrected chi connectivity index (χ2v) is 4.23. The Morgan fingerprint density at radius 2 is 2.40 bits per heavy atom. The molecule has 0 unspecified atom stereocenters. The summed E-state index contributed by atoms with van der Waals surface area (Å²) in [5.74, 6) is 0.953. The molecule has 0 radical (unpaired) electrons. The van der Waals surface area contributed by atoms with Crippen molar-refractivity contribution < 1.29 is 0 Å². The lowest BCUT2D eigenvalue weighted by atomic mass is 10.3. The molecule has 0 aliphatic rings. The second kappa shape index (κ2) is 4.98. The number of anilines is 1. The van der Waals surface area contributed by atoms with E-state index in [1.54, 1.807) is 11.3 Å². The third kappa shape index (κ3) is 2.83. The van der Waals surface area contributed by atoms with Gasteiger partial charge in [0.15, 0.2) is 0 Å². The van der Waals surface area contributed by atoms with Crippen LogP contribution in [-0.2, 0) is 13.1 Å². The van der Waals surface area contributed by atoms with Gasteiger partial charge >= 0.3 is 0 Å². The van der Waals surface area contributed by atoms with Crippen LogP contribution in [0.15, 0.2) is 29.1 Å². The third-order valence-corrected chi connectivity index (χ3v) is 2.88. The van der Waals surface area contributed by atoms with E-state index in [9.17, 15) is 0 Å². The molecule has 0 spiro atoms. The average Bonchev–Trinajstić information content (AvgIpc) is 2.85. The highest BCUT2D eigenvalue weighted by Crippen LogP contribution is 2.09. The first-order valence-electron chi connectivity index (χ1n) is 5.17. The molecule has 0 saturated heterocycles. The van der Waals surface area contributed by atoms with Gasteiger partial charge in [0.05, 0.1) is 0 Å². The van der Waals surface area contributed by atoms with Crippen molar-refractivity contribution in [2.45, 2.75) is 26.4 Å². The van der Waals surface area contributed by atoms with Gasteiger partial charge in [-0.25, -0.2) is 0 Å². The molecule has 0 saturated carbocycles. The fourth-order valence-corrected chi connectivity index (χ4v) is 2.06. The van der Waals surface area contributed by atoms with Gasteiger partial charge in [-0.05, 0) is 28.8 Å². The standard InChI is InChI=1S/C11H15N3S/c1-2-5-14-6-3-11(13-14)12-8-10-4-7-15-9-10/h3-4,6-7,9H,2,5,8H2,1H3,(H,12,13). The van der Waals surface area contributed by atoms with Crippen LogP contribution in [0, 0.1) is 0 Å². The summed E-state index contributed by atoms with van der Waals surface area (Å²) in [6, 6.07) is 4.14. The molecule has 1 N–H and O–H groups in total. The van der Waals surface area contributed by atoms with Crippen LogP contribution >= 0.6 is 11.3 Å². The van der Waals surface area contributed by atoms with E-state index in [-0.39, 0.29) is 0 Å². The summed E-state index contributed by atoms with van der Waals surface area (Å²) in [6.45, 7) is 3.99. The molecule has 0 aliphatic carbocycles. The number of rotatable bonds is 5. The fourth-order valence-electron chi connectivity index (χ4n) is 1.40. The van der Waals surface area contributed by atoms with Crippen LogP contribution in [0.3, 0.4) is 0 Å². The van der Waals surface area contributed by atoms with Crippen molar-refractivity contribution in [2.75, 3.05) is 5.32 Å². The van der Waals surface area contributed by atoms with Crippen LogP contribution in [0.1, 0.15) is 18.9 Å². The SMILES string of the molecule is CCCn1ccc(NCc2ccsc2)n1. The first-order valence-corrected chi connectivity index (χ1v) is 6.11. The normalized spacial score (nSPS) is 10.5. The zero-order chi connectivity index (χ0) is 10.5.